The Morgan fingerprint density at radius 3 is 2.78 bits per heavy atom. The summed E-state index contributed by atoms with van der Waals surface area (Å²) < 4.78 is 11.0. The summed E-state index contributed by atoms with van der Waals surface area (Å²) in [4.78, 5) is 15.8. The normalized spacial score (nSPS) is 11.0. The maximum Gasteiger partial charge on any atom is 0.251 e. The lowest BCUT2D eigenvalue weighted by Gasteiger charge is -2.16. The summed E-state index contributed by atoms with van der Waals surface area (Å²) in [6.07, 6.45) is 2.66. The molecule has 0 atom stereocenters. The van der Waals surface area contributed by atoms with Crippen LogP contribution in [0.1, 0.15) is 29.8 Å². The van der Waals surface area contributed by atoms with Gasteiger partial charge in [-0.3, -0.25) is 4.79 Å². The van der Waals surface area contributed by atoms with Crippen molar-refractivity contribution in [3.05, 3.63) is 58.7 Å². The van der Waals surface area contributed by atoms with Crippen molar-refractivity contribution in [2.45, 2.75) is 26.4 Å². The monoisotopic (exact) mass is 386 g/mol. The minimum absolute atomic E-state index is 0.0488. The van der Waals surface area contributed by atoms with E-state index in [0.29, 0.717) is 28.6 Å². The molecule has 0 saturated heterocycles. The van der Waals surface area contributed by atoms with E-state index < -0.39 is 0 Å². The summed E-state index contributed by atoms with van der Waals surface area (Å²) in [5.41, 5.74) is 2.70. The second-order valence-electron chi connectivity index (χ2n) is 6.52. The summed E-state index contributed by atoms with van der Waals surface area (Å²) >= 11 is 6.29. The number of nitrogens with one attached hydrogen (secondary N) is 2. The minimum atomic E-state index is -0.203. The van der Waals surface area contributed by atoms with Crippen LogP contribution in [0.4, 0.5) is 0 Å². The Morgan fingerprint density at radius 2 is 2.04 bits per heavy atom. The van der Waals surface area contributed by atoms with Crippen LogP contribution >= 0.6 is 11.6 Å². The molecule has 1 heterocycles. The molecule has 0 saturated carbocycles. The lowest BCUT2D eigenvalue weighted by Crippen LogP contribution is -2.25. The molecule has 2 N–H and O–H groups in total. The van der Waals surface area contributed by atoms with E-state index in [4.69, 9.17) is 21.1 Å². The number of benzene rings is 2. The fourth-order valence-corrected chi connectivity index (χ4v) is 3.21. The number of fused-ring (bicyclic) bond motifs is 1. The van der Waals surface area contributed by atoms with Crippen LogP contribution in [0.15, 0.2) is 42.6 Å². The van der Waals surface area contributed by atoms with E-state index in [9.17, 15) is 4.79 Å². The summed E-state index contributed by atoms with van der Waals surface area (Å²) in [5.74, 6) is 0.689. The maximum absolute atomic E-state index is 12.5. The van der Waals surface area contributed by atoms with Gasteiger partial charge in [0.05, 0.1) is 18.2 Å². The van der Waals surface area contributed by atoms with Crippen molar-refractivity contribution in [1.82, 2.24) is 10.3 Å². The largest absolute Gasteiger partial charge is 0.493 e. The molecule has 27 heavy (non-hydrogen) atoms. The number of halogens is 1. The van der Waals surface area contributed by atoms with Gasteiger partial charge in [-0.15, -0.1) is 0 Å². The molecule has 3 rings (SSSR count). The fraction of sp³-hybridized carbons (Fsp3) is 0.286. The molecule has 0 radical (unpaired) electrons. The number of aromatic nitrogens is 1. The van der Waals surface area contributed by atoms with E-state index in [1.807, 2.05) is 38.2 Å². The van der Waals surface area contributed by atoms with Gasteiger partial charge in [0.1, 0.15) is 0 Å². The van der Waals surface area contributed by atoms with Crippen molar-refractivity contribution in [3.63, 3.8) is 0 Å². The van der Waals surface area contributed by atoms with Gasteiger partial charge in [0.15, 0.2) is 11.5 Å². The maximum atomic E-state index is 12.5. The van der Waals surface area contributed by atoms with Crippen molar-refractivity contribution in [1.29, 1.82) is 0 Å². The quantitative estimate of drug-likeness (QED) is 0.624. The number of para-hydroxylation sites is 1. The van der Waals surface area contributed by atoms with Crippen molar-refractivity contribution in [3.8, 4) is 11.5 Å². The fourth-order valence-electron chi connectivity index (χ4n) is 2.95. The van der Waals surface area contributed by atoms with E-state index in [2.05, 4.69) is 16.4 Å². The van der Waals surface area contributed by atoms with Gasteiger partial charge in [-0.25, -0.2) is 0 Å². The van der Waals surface area contributed by atoms with Gasteiger partial charge in [-0.1, -0.05) is 29.8 Å². The zero-order valence-corrected chi connectivity index (χ0v) is 16.4. The molecule has 5 nitrogen and oxygen atoms in total. The van der Waals surface area contributed by atoms with E-state index >= 15 is 0 Å². The minimum Gasteiger partial charge on any atom is -0.493 e. The molecule has 0 spiro atoms. The highest BCUT2D eigenvalue weighted by molar-refractivity contribution is 6.32. The van der Waals surface area contributed by atoms with Crippen LogP contribution in [0.2, 0.25) is 5.02 Å². The van der Waals surface area contributed by atoms with Crippen LogP contribution in [0.5, 0.6) is 11.5 Å². The third kappa shape index (κ3) is 4.37. The number of ether oxygens (including phenoxy) is 2. The zero-order chi connectivity index (χ0) is 19.4. The SMILES string of the molecule is COc1cc(C(=O)NCCc2c[nH]c3ccccc23)cc(Cl)c1OC(C)C. The molecule has 0 bridgehead atoms. The molecule has 1 amide bonds. The predicted octanol–water partition coefficient (Wildman–Crippen LogP) is 4.59. The molecule has 1 aromatic heterocycles. The molecule has 0 fully saturated rings. The Bertz CT molecular complexity index is 950. The highest BCUT2D eigenvalue weighted by Crippen LogP contribution is 2.37. The second-order valence-corrected chi connectivity index (χ2v) is 6.93. The molecular weight excluding hydrogens is 364 g/mol. The average Bonchev–Trinajstić information content (AvgIpc) is 3.06. The van der Waals surface area contributed by atoms with E-state index in [1.54, 1.807) is 12.1 Å². The van der Waals surface area contributed by atoms with E-state index in [0.717, 1.165) is 11.9 Å². The van der Waals surface area contributed by atoms with Gasteiger partial charge in [0.2, 0.25) is 0 Å². The highest BCUT2D eigenvalue weighted by atomic mass is 35.5. The molecule has 0 aliphatic carbocycles. The number of hydrogen-bond donors (Lipinski definition) is 2. The molecule has 0 aliphatic rings. The summed E-state index contributed by atoms with van der Waals surface area (Å²) in [6.45, 7) is 4.33. The molecule has 2 aromatic carbocycles. The van der Waals surface area contributed by atoms with Crippen LogP contribution in [-0.4, -0.2) is 30.6 Å². The van der Waals surface area contributed by atoms with Gasteiger partial charge in [-0.2, -0.15) is 0 Å². The van der Waals surface area contributed by atoms with Gasteiger partial charge >= 0.3 is 0 Å². The average molecular weight is 387 g/mol. The number of amides is 1. The number of methoxy groups -OCH3 is 1. The lowest BCUT2D eigenvalue weighted by atomic mass is 10.1. The Labute approximate surface area is 163 Å². The van der Waals surface area contributed by atoms with Gasteiger partial charge in [0, 0.05) is 29.2 Å². The number of hydrogen-bond acceptors (Lipinski definition) is 3. The Balaban J connectivity index is 1.68. The Hall–Kier alpha value is -2.66. The number of H-pyrrole nitrogens is 1. The van der Waals surface area contributed by atoms with Crippen LogP contribution in [0.3, 0.4) is 0 Å². The lowest BCUT2D eigenvalue weighted by molar-refractivity contribution is 0.0953. The standard InChI is InChI=1S/C21H23ClN2O3/c1-13(2)27-20-17(22)10-15(11-19(20)26-3)21(25)23-9-8-14-12-24-18-7-5-4-6-16(14)18/h4-7,10-13,24H,8-9H2,1-3H3,(H,23,25). The first kappa shape index (κ1) is 19.1. The molecule has 0 unspecified atom stereocenters. The number of rotatable bonds is 7. The smallest absolute Gasteiger partial charge is 0.251 e. The van der Waals surface area contributed by atoms with Crippen molar-refractivity contribution >= 4 is 28.4 Å². The third-order valence-corrected chi connectivity index (χ3v) is 4.48. The van der Waals surface area contributed by atoms with Crippen molar-refractivity contribution in [2.24, 2.45) is 0 Å². The first-order chi connectivity index (χ1) is 13.0. The van der Waals surface area contributed by atoms with Crippen LogP contribution < -0.4 is 14.8 Å². The zero-order valence-electron chi connectivity index (χ0n) is 15.6. The molecule has 0 aliphatic heterocycles. The number of aromatic amines is 1. The van der Waals surface area contributed by atoms with E-state index in [1.165, 1.54) is 18.1 Å². The third-order valence-electron chi connectivity index (χ3n) is 4.20. The Kier molecular flexibility index (Phi) is 5.91. The predicted molar refractivity (Wildman–Crippen MR) is 108 cm³/mol. The molecule has 142 valence electrons. The summed E-state index contributed by atoms with van der Waals surface area (Å²) in [6, 6.07) is 11.3. The Morgan fingerprint density at radius 1 is 1.26 bits per heavy atom. The summed E-state index contributed by atoms with van der Waals surface area (Å²) in [5, 5.41) is 4.46. The highest BCUT2D eigenvalue weighted by Gasteiger charge is 2.17. The van der Waals surface area contributed by atoms with Crippen LogP contribution in [0.25, 0.3) is 10.9 Å². The first-order valence-corrected chi connectivity index (χ1v) is 9.24. The van der Waals surface area contributed by atoms with Gasteiger partial charge in [0.25, 0.3) is 5.91 Å². The van der Waals surface area contributed by atoms with Crippen LogP contribution in [-0.2, 0) is 6.42 Å². The first-order valence-electron chi connectivity index (χ1n) is 8.87. The summed E-state index contributed by atoms with van der Waals surface area (Å²) in [7, 11) is 1.53. The van der Waals surface area contributed by atoms with Crippen molar-refractivity contribution < 1.29 is 14.3 Å². The molecule has 6 heteroatoms. The van der Waals surface area contributed by atoms with Gasteiger partial charge in [-0.05, 0) is 44.0 Å². The second kappa shape index (κ2) is 8.35. The van der Waals surface area contributed by atoms with Crippen LogP contribution in [0, 0.1) is 0 Å². The van der Waals surface area contributed by atoms with E-state index in [-0.39, 0.29) is 12.0 Å². The number of carbonyl (C=O) groups is 1. The molecule has 3 aromatic rings. The van der Waals surface area contributed by atoms with Crippen molar-refractivity contribution in [2.75, 3.05) is 13.7 Å². The topological polar surface area (TPSA) is 63.3 Å². The molecular formula is C21H23ClN2O3. The number of carbonyl (C=O) groups excluding carboxylic acids is 1. The van der Waals surface area contributed by atoms with Gasteiger partial charge < -0.3 is 19.8 Å².